The van der Waals surface area contributed by atoms with Gasteiger partial charge in [-0.25, -0.2) is 23.7 Å². The summed E-state index contributed by atoms with van der Waals surface area (Å²) in [6, 6.07) is 8.56. The molecule has 20 nitrogen and oxygen atoms in total. The van der Waals surface area contributed by atoms with E-state index < -0.39 is 34.7 Å². The summed E-state index contributed by atoms with van der Waals surface area (Å²) in [5.41, 5.74) is 7.64. The minimum absolute atomic E-state index is 0.0590. The number of halogens is 2. The first-order valence-electron chi connectivity index (χ1n) is 25.2. The zero-order valence-corrected chi connectivity index (χ0v) is 44.9. The van der Waals surface area contributed by atoms with Crippen LogP contribution in [0.3, 0.4) is 0 Å². The number of ether oxygens (including phenoxy) is 2. The van der Waals surface area contributed by atoms with Crippen molar-refractivity contribution in [2.45, 2.75) is 130 Å². The average molecular weight is 1060 g/mol. The number of carboxylic acids is 1. The number of aliphatic carboxylic acids is 1. The number of pyridine rings is 1. The van der Waals surface area contributed by atoms with Gasteiger partial charge in [0.1, 0.15) is 24.0 Å². The van der Waals surface area contributed by atoms with Gasteiger partial charge in [-0.05, 0) is 103 Å². The van der Waals surface area contributed by atoms with Crippen molar-refractivity contribution in [2.75, 3.05) is 57.6 Å². The van der Waals surface area contributed by atoms with Crippen molar-refractivity contribution in [3.63, 3.8) is 0 Å². The maximum absolute atomic E-state index is 14.7. The first-order valence-corrected chi connectivity index (χ1v) is 25.2. The fourth-order valence-corrected chi connectivity index (χ4v) is 7.89. The number of fused-ring (bicyclic) bond motifs is 4. The fourth-order valence-electron chi connectivity index (χ4n) is 7.89. The zero-order chi connectivity index (χ0) is 56.1. The van der Waals surface area contributed by atoms with Gasteiger partial charge in [0.15, 0.2) is 17.5 Å². The number of amides is 2. The molecule has 3 atom stereocenters. The number of carbonyl (C=O) groups is 6. The lowest BCUT2D eigenvalue weighted by atomic mass is 9.68. The number of benzene rings is 1. The molecule has 416 valence electrons. The molecule has 3 heterocycles. The van der Waals surface area contributed by atoms with Gasteiger partial charge < -0.3 is 66.2 Å². The van der Waals surface area contributed by atoms with Crippen molar-refractivity contribution in [1.82, 2.24) is 35.5 Å². The second-order valence-corrected chi connectivity index (χ2v) is 19.5. The number of aldehydes is 2. The van der Waals surface area contributed by atoms with Crippen LogP contribution in [0.2, 0.25) is 0 Å². The summed E-state index contributed by atoms with van der Waals surface area (Å²) in [4.78, 5) is 75.9. The summed E-state index contributed by atoms with van der Waals surface area (Å²) >= 11 is 0. The first-order chi connectivity index (χ1) is 35.6. The molecule has 3 aliphatic carbocycles. The van der Waals surface area contributed by atoms with Crippen molar-refractivity contribution in [3.8, 4) is 11.4 Å². The molecule has 2 bridgehead atoms. The molecule has 0 saturated heterocycles. The molecule has 0 spiro atoms. The van der Waals surface area contributed by atoms with Crippen LogP contribution in [0.25, 0.3) is 22.4 Å². The van der Waals surface area contributed by atoms with Gasteiger partial charge in [0, 0.05) is 55.4 Å². The highest BCUT2D eigenvalue weighted by Crippen LogP contribution is 2.42. The predicted molar refractivity (Wildman–Crippen MR) is 284 cm³/mol. The largest absolute Gasteiger partial charge is 0.483 e. The number of aromatic nitrogens is 4. The molecule has 3 aliphatic rings. The van der Waals surface area contributed by atoms with E-state index in [0.717, 1.165) is 23.6 Å². The second kappa shape index (κ2) is 33.4. The van der Waals surface area contributed by atoms with Crippen LogP contribution in [-0.2, 0) is 44.8 Å². The number of nitrogens with zero attached hydrogens (tertiary/aromatic N) is 4. The van der Waals surface area contributed by atoms with Crippen molar-refractivity contribution in [2.24, 2.45) is 23.0 Å². The molecule has 2 amide bonds. The third-order valence-electron chi connectivity index (χ3n) is 12.0. The Morgan fingerprint density at radius 3 is 2.16 bits per heavy atom. The Labute approximate surface area is 439 Å². The minimum Gasteiger partial charge on any atom is -0.483 e. The third-order valence-corrected chi connectivity index (χ3v) is 12.0. The highest BCUT2D eigenvalue weighted by atomic mass is 19.1. The summed E-state index contributed by atoms with van der Waals surface area (Å²) in [6.45, 7) is 14.8. The maximum Gasteiger partial charge on any atom is 0.303 e. The quantitative estimate of drug-likeness (QED) is 0.0303. The molecule has 9 N–H and O–H groups in total. The maximum atomic E-state index is 14.7. The van der Waals surface area contributed by atoms with Gasteiger partial charge in [0.05, 0.1) is 61.9 Å². The first kappa shape index (κ1) is 64.6. The molecular weight excluding hydrogens is 975 g/mol. The van der Waals surface area contributed by atoms with Gasteiger partial charge >= 0.3 is 5.97 Å². The van der Waals surface area contributed by atoms with E-state index in [1.807, 2.05) is 55.9 Å². The number of likely N-dealkylation sites (N-methyl/N-ethyl adjacent to an activating group) is 1. The van der Waals surface area contributed by atoms with Crippen molar-refractivity contribution in [3.05, 3.63) is 66.1 Å². The van der Waals surface area contributed by atoms with E-state index in [9.17, 15) is 32.8 Å². The van der Waals surface area contributed by atoms with Crippen LogP contribution < -0.4 is 32.3 Å². The van der Waals surface area contributed by atoms with Crippen LogP contribution in [0.5, 0.6) is 0 Å². The second-order valence-electron chi connectivity index (χ2n) is 19.5. The lowest BCUT2D eigenvalue weighted by Gasteiger charge is -2.42. The van der Waals surface area contributed by atoms with E-state index in [-0.39, 0.29) is 62.2 Å². The Morgan fingerprint density at radius 1 is 0.960 bits per heavy atom. The number of carbonyl (C=O) groups excluding carboxylic acids is 4. The summed E-state index contributed by atoms with van der Waals surface area (Å²) in [5, 5.41) is 30.3. The number of carboxylic acid groups (broad SMARTS) is 2. The highest BCUT2D eigenvalue weighted by Gasteiger charge is 2.36. The zero-order valence-electron chi connectivity index (χ0n) is 44.9. The summed E-state index contributed by atoms with van der Waals surface area (Å²) < 4.78 is 41.9. The van der Waals surface area contributed by atoms with Crippen molar-refractivity contribution in [1.29, 1.82) is 0 Å². The molecule has 75 heavy (non-hydrogen) atoms. The lowest BCUT2D eigenvalue weighted by molar-refractivity contribution is -0.138. The molecule has 22 heteroatoms. The number of hydrogen-bond acceptors (Lipinski definition) is 15. The molecular formula is C53H80F2N10O10. The fraction of sp³-hybridized carbons (Fsp3) is 0.566. The van der Waals surface area contributed by atoms with Crippen LogP contribution in [0.1, 0.15) is 105 Å². The SMILES string of the molecule is CC(C)(CN)OCCOCC(C)(C)C(=O)NC(C=O)CCC(=O)O.CCC.CNCC(=O)NC(C)C=O.CNc1ccc(Cn2cc(-c3ncc(F)c(NC4CC5CCC4CC5)n3)c3cc(F)cnc32)cc1.O=CO. The normalized spacial score (nSPS) is 16.3. The Kier molecular flexibility index (Phi) is 28.8. The van der Waals surface area contributed by atoms with Gasteiger partial charge in [-0.3, -0.25) is 19.2 Å². The number of hydrogen-bond donors (Lipinski definition) is 8. The van der Waals surface area contributed by atoms with E-state index in [1.165, 1.54) is 50.6 Å². The van der Waals surface area contributed by atoms with Crippen LogP contribution in [0, 0.1) is 28.9 Å². The van der Waals surface area contributed by atoms with Gasteiger partial charge in [-0.2, -0.15) is 0 Å². The van der Waals surface area contributed by atoms with Gasteiger partial charge in [0.2, 0.25) is 11.8 Å². The van der Waals surface area contributed by atoms with Gasteiger partial charge in [0.25, 0.3) is 6.47 Å². The van der Waals surface area contributed by atoms with Crippen molar-refractivity contribution >= 4 is 59.4 Å². The molecule has 0 aliphatic heterocycles. The Hall–Kier alpha value is -6.49. The molecule has 7 rings (SSSR count). The van der Waals surface area contributed by atoms with Gasteiger partial charge in [-0.15, -0.1) is 0 Å². The highest BCUT2D eigenvalue weighted by molar-refractivity contribution is 5.92. The van der Waals surface area contributed by atoms with Crippen LogP contribution >= 0.6 is 0 Å². The van der Waals surface area contributed by atoms with E-state index in [2.05, 4.69) is 55.4 Å². The smallest absolute Gasteiger partial charge is 0.303 e. The number of nitrogens with one attached hydrogen (secondary N) is 5. The predicted octanol–water partition coefficient (Wildman–Crippen LogP) is 6.21. The summed E-state index contributed by atoms with van der Waals surface area (Å²) in [5.74, 6) is -0.587. The topological polar surface area (TPSA) is 291 Å². The van der Waals surface area contributed by atoms with E-state index in [0.29, 0.717) is 67.2 Å². The van der Waals surface area contributed by atoms with E-state index in [4.69, 9.17) is 30.2 Å². The molecule has 3 fully saturated rings. The average Bonchev–Trinajstić information content (AvgIpc) is 3.73. The van der Waals surface area contributed by atoms with E-state index >= 15 is 0 Å². The monoisotopic (exact) mass is 1050 g/mol. The molecule has 3 saturated carbocycles. The Morgan fingerprint density at radius 2 is 1.61 bits per heavy atom. The number of nitrogens with two attached hydrogens (primary N) is 1. The molecule has 4 aromatic rings. The van der Waals surface area contributed by atoms with Gasteiger partial charge in [-0.1, -0.05) is 45.2 Å². The third kappa shape index (κ3) is 22.9. The molecule has 1 aromatic carbocycles. The Balaban J connectivity index is 0.000000417. The summed E-state index contributed by atoms with van der Waals surface area (Å²) in [6.07, 6.45) is 12.6. The number of anilines is 2. The van der Waals surface area contributed by atoms with Crippen LogP contribution in [0.4, 0.5) is 20.3 Å². The Bertz CT molecular complexity index is 2380. The van der Waals surface area contributed by atoms with Crippen LogP contribution in [0.15, 0.2) is 48.9 Å². The minimum atomic E-state index is -1.01. The van der Waals surface area contributed by atoms with Crippen LogP contribution in [-0.4, -0.2) is 137 Å². The van der Waals surface area contributed by atoms with E-state index in [1.54, 1.807) is 27.8 Å². The lowest BCUT2D eigenvalue weighted by Crippen LogP contribution is -2.46. The number of rotatable bonds is 23. The van der Waals surface area contributed by atoms with Crippen molar-refractivity contribution < 1.29 is 57.2 Å². The molecule has 3 unspecified atom stereocenters. The standard InChI is InChI=1S/C27H28F2N6.C16H30N2O6.C6H12N2O2.C3H8.CH2O2/c1-30-20-8-4-17(5-9-20)14-35-15-22(21-11-19(28)12-32-27(21)35)25-31-13-23(29)26(34-25)33-24-10-16-2-6-18(24)7-3-16;1-15(2,11-23-7-8-24-16(3,4)10-17)14(22)18-12(9-19)5-6-13(20)21;1-5(4-9)8-6(10)3-7-2;1-3-2;2-1-3/h4-5,8-9,11-13,15-16,18,24,30H,2-3,6-7,10,14H2,1H3,(H,31,33,34);9,12H,5-8,10-11,17H2,1-4H3,(H,18,22)(H,20,21);4-5,7H,3H2,1-2H3,(H,8,10);3H2,1-2H3;1H,(H,2,3). The summed E-state index contributed by atoms with van der Waals surface area (Å²) in [7, 11) is 3.55. The molecule has 3 aromatic heterocycles. The molecule has 0 radical (unpaired) electrons.